The standard InChI is InChI=1S/C11H14N2O2S/c1-7-6-16-11(12-7)8(2)13-4-3-9(14)5-10(13)15/h6,8H,3-5H2,1-2H3. The van der Waals surface area contributed by atoms with E-state index in [0.29, 0.717) is 13.0 Å². The summed E-state index contributed by atoms with van der Waals surface area (Å²) in [6.07, 6.45) is 0.523. The highest BCUT2D eigenvalue weighted by Crippen LogP contribution is 2.26. The van der Waals surface area contributed by atoms with Crippen LogP contribution in [0.1, 0.15) is 36.5 Å². The zero-order valence-corrected chi connectivity index (χ0v) is 10.2. The lowest BCUT2D eigenvalue weighted by Gasteiger charge is -2.30. The number of likely N-dealkylation sites (tertiary alicyclic amines) is 1. The van der Waals surface area contributed by atoms with E-state index >= 15 is 0 Å². The number of aryl methyl sites for hydroxylation is 1. The average molecular weight is 238 g/mol. The van der Waals surface area contributed by atoms with Crippen molar-refractivity contribution in [2.24, 2.45) is 0 Å². The fourth-order valence-corrected chi connectivity index (χ4v) is 2.70. The molecule has 5 heteroatoms. The number of hydrogen-bond donors (Lipinski definition) is 0. The monoisotopic (exact) mass is 238 g/mol. The van der Waals surface area contributed by atoms with Gasteiger partial charge in [0.2, 0.25) is 5.91 Å². The van der Waals surface area contributed by atoms with Crippen molar-refractivity contribution in [2.75, 3.05) is 6.54 Å². The normalized spacial score (nSPS) is 19.0. The van der Waals surface area contributed by atoms with Crippen molar-refractivity contribution in [3.05, 3.63) is 16.1 Å². The maximum absolute atomic E-state index is 11.7. The molecule has 0 bridgehead atoms. The number of Topliss-reactive ketones (excluding diaryl/α,β-unsaturated/α-hetero) is 1. The van der Waals surface area contributed by atoms with Crippen molar-refractivity contribution >= 4 is 23.0 Å². The van der Waals surface area contributed by atoms with Gasteiger partial charge < -0.3 is 4.90 Å². The van der Waals surface area contributed by atoms with Gasteiger partial charge in [-0.1, -0.05) is 0 Å². The van der Waals surface area contributed by atoms with Crippen LogP contribution in [0.25, 0.3) is 0 Å². The van der Waals surface area contributed by atoms with Crippen LogP contribution in [-0.2, 0) is 9.59 Å². The number of aromatic nitrogens is 1. The highest BCUT2D eigenvalue weighted by molar-refractivity contribution is 7.09. The molecule has 1 aromatic rings. The first kappa shape index (κ1) is 11.3. The van der Waals surface area contributed by atoms with Crippen LogP contribution >= 0.6 is 11.3 Å². The Balaban J connectivity index is 2.13. The van der Waals surface area contributed by atoms with Crippen LogP contribution in [-0.4, -0.2) is 28.1 Å². The van der Waals surface area contributed by atoms with E-state index < -0.39 is 0 Å². The quantitative estimate of drug-likeness (QED) is 0.737. The Bertz CT molecular complexity index is 427. The first-order valence-corrected chi connectivity index (χ1v) is 6.19. The van der Waals surface area contributed by atoms with Gasteiger partial charge in [0.25, 0.3) is 0 Å². The van der Waals surface area contributed by atoms with Gasteiger partial charge in [0.15, 0.2) is 0 Å². The van der Waals surface area contributed by atoms with Crippen LogP contribution in [0.4, 0.5) is 0 Å². The second-order valence-electron chi connectivity index (χ2n) is 4.06. The van der Waals surface area contributed by atoms with Crippen LogP contribution in [0.5, 0.6) is 0 Å². The summed E-state index contributed by atoms with van der Waals surface area (Å²) in [7, 11) is 0. The maximum atomic E-state index is 11.7. The molecule has 0 N–H and O–H groups in total. The van der Waals surface area contributed by atoms with Crippen LogP contribution < -0.4 is 0 Å². The maximum Gasteiger partial charge on any atom is 0.230 e. The molecule has 1 saturated heterocycles. The van der Waals surface area contributed by atoms with Gasteiger partial charge in [-0.25, -0.2) is 4.98 Å². The van der Waals surface area contributed by atoms with Gasteiger partial charge in [-0.05, 0) is 13.8 Å². The van der Waals surface area contributed by atoms with E-state index in [1.54, 1.807) is 16.2 Å². The molecule has 1 aliphatic rings. The number of carbonyl (C=O) groups is 2. The van der Waals surface area contributed by atoms with E-state index in [2.05, 4.69) is 4.98 Å². The van der Waals surface area contributed by atoms with Gasteiger partial charge in [-0.3, -0.25) is 9.59 Å². The molecule has 0 aliphatic carbocycles. The molecule has 4 nitrogen and oxygen atoms in total. The number of piperidine rings is 1. The van der Waals surface area contributed by atoms with Crippen molar-refractivity contribution in [3.8, 4) is 0 Å². The minimum Gasteiger partial charge on any atom is -0.333 e. The van der Waals surface area contributed by atoms with E-state index in [0.717, 1.165) is 10.7 Å². The Labute approximate surface area is 98.3 Å². The molecule has 1 amide bonds. The smallest absolute Gasteiger partial charge is 0.230 e. The molecule has 0 radical (unpaired) electrons. The molecular weight excluding hydrogens is 224 g/mol. The molecule has 1 atom stereocenters. The van der Waals surface area contributed by atoms with Crippen LogP contribution in [0.2, 0.25) is 0 Å². The Morgan fingerprint density at radius 3 is 2.81 bits per heavy atom. The molecule has 2 heterocycles. The van der Waals surface area contributed by atoms with Crippen molar-refractivity contribution < 1.29 is 9.59 Å². The molecule has 0 saturated carbocycles. The zero-order chi connectivity index (χ0) is 11.7. The number of thiazole rings is 1. The summed E-state index contributed by atoms with van der Waals surface area (Å²) in [5, 5.41) is 2.92. The van der Waals surface area contributed by atoms with Crippen LogP contribution in [0.15, 0.2) is 5.38 Å². The summed E-state index contributed by atoms with van der Waals surface area (Å²) in [5.74, 6) is -0.0274. The largest absolute Gasteiger partial charge is 0.333 e. The number of hydrogen-bond acceptors (Lipinski definition) is 4. The van der Waals surface area contributed by atoms with Gasteiger partial charge in [0.1, 0.15) is 10.8 Å². The third kappa shape index (κ3) is 2.14. The van der Waals surface area contributed by atoms with E-state index in [9.17, 15) is 9.59 Å². The summed E-state index contributed by atoms with van der Waals surface area (Å²) < 4.78 is 0. The van der Waals surface area contributed by atoms with Crippen molar-refractivity contribution in [2.45, 2.75) is 32.7 Å². The van der Waals surface area contributed by atoms with Crippen LogP contribution in [0.3, 0.4) is 0 Å². The predicted molar refractivity (Wildman–Crippen MR) is 61.2 cm³/mol. The molecule has 1 unspecified atom stereocenters. The van der Waals surface area contributed by atoms with E-state index in [1.165, 1.54) is 0 Å². The summed E-state index contributed by atoms with van der Waals surface area (Å²) in [4.78, 5) is 29.0. The first-order valence-electron chi connectivity index (χ1n) is 5.31. The van der Waals surface area contributed by atoms with Gasteiger partial charge in [-0.15, -0.1) is 11.3 Å². The fourth-order valence-electron chi connectivity index (χ4n) is 1.84. The highest BCUT2D eigenvalue weighted by atomic mass is 32.1. The molecule has 0 spiro atoms. The Kier molecular flexibility index (Phi) is 3.05. The molecule has 16 heavy (non-hydrogen) atoms. The van der Waals surface area contributed by atoms with E-state index in [-0.39, 0.29) is 24.2 Å². The van der Waals surface area contributed by atoms with Crippen molar-refractivity contribution in [1.29, 1.82) is 0 Å². The number of ketones is 1. The fraction of sp³-hybridized carbons (Fsp3) is 0.545. The SMILES string of the molecule is Cc1csc(C(C)N2CCC(=O)CC2=O)n1. The minimum atomic E-state index is -0.0726. The number of rotatable bonds is 2. The van der Waals surface area contributed by atoms with Gasteiger partial charge >= 0.3 is 0 Å². The summed E-state index contributed by atoms with van der Waals surface area (Å²) in [6, 6.07) is -0.0145. The van der Waals surface area contributed by atoms with E-state index in [1.807, 2.05) is 19.2 Å². The molecule has 1 aromatic heterocycles. The lowest BCUT2D eigenvalue weighted by molar-refractivity contribution is -0.141. The Morgan fingerprint density at radius 1 is 1.50 bits per heavy atom. The van der Waals surface area contributed by atoms with Crippen LogP contribution in [0, 0.1) is 6.92 Å². The summed E-state index contributed by atoms with van der Waals surface area (Å²) in [6.45, 7) is 4.43. The number of carbonyl (C=O) groups excluding carboxylic acids is 2. The average Bonchev–Trinajstić information content (AvgIpc) is 2.64. The second-order valence-corrected chi connectivity index (χ2v) is 4.95. The lowest BCUT2D eigenvalue weighted by Crippen LogP contribution is -2.40. The first-order chi connectivity index (χ1) is 7.58. The molecular formula is C11H14N2O2S. The third-order valence-electron chi connectivity index (χ3n) is 2.76. The third-order valence-corrected chi connectivity index (χ3v) is 3.89. The topological polar surface area (TPSA) is 50.3 Å². The number of nitrogens with zero attached hydrogens (tertiary/aromatic N) is 2. The second kappa shape index (κ2) is 4.33. The van der Waals surface area contributed by atoms with Gasteiger partial charge in [0.05, 0.1) is 12.5 Å². The molecule has 2 rings (SSSR count). The Morgan fingerprint density at radius 2 is 2.25 bits per heavy atom. The number of amides is 1. The zero-order valence-electron chi connectivity index (χ0n) is 9.40. The van der Waals surface area contributed by atoms with Crippen molar-refractivity contribution in [3.63, 3.8) is 0 Å². The Hall–Kier alpha value is -1.23. The summed E-state index contributed by atoms with van der Waals surface area (Å²) in [5.41, 5.74) is 0.979. The molecule has 0 aromatic carbocycles. The molecule has 86 valence electrons. The molecule has 1 aliphatic heterocycles. The minimum absolute atomic E-state index is 0.0145. The lowest BCUT2D eigenvalue weighted by atomic mass is 10.1. The highest BCUT2D eigenvalue weighted by Gasteiger charge is 2.29. The predicted octanol–water partition coefficient (Wildman–Crippen LogP) is 1.70. The molecule has 1 fully saturated rings. The van der Waals surface area contributed by atoms with Gasteiger partial charge in [-0.2, -0.15) is 0 Å². The van der Waals surface area contributed by atoms with Gasteiger partial charge in [0, 0.05) is 24.0 Å². The van der Waals surface area contributed by atoms with Crippen molar-refractivity contribution in [1.82, 2.24) is 9.88 Å². The summed E-state index contributed by atoms with van der Waals surface area (Å²) >= 11 is 1.56. The van der Waals surface area contributed by atoms with E-state index in [4.69, 9.17) is 0 Å².